The number of hydrogen-bond donors (Lipinski definition) is 1. The molecule has 1 aliphatic rings. The molecule has 6 nitrogen and oxygen atoms in total. The highest BCUT2D eigenvalue weighted by molar-refractivity contribution is 5.94. The van der Waals surface area contributed by atoms with Crippen molar-refractivity contribution in [1.29, 1.82) is 0 Å². The Morgan fingerprint density at radius 1 is 1.05 bits per heavy atom. The first-order valence-corrected chi connectivity index (χ1v) is 12.7. The number of pyridine rings is 1. The van der Waals surface area contributed by atoms with Gasteiger partial charge in [0.1, 0.15) is 22.9 Å². The van der Waals surface area contributed by atoms with Crippen LogP contribution in [0.25, 0.3) is 5.65 Å². The molecular formula is C29H28F4N4O2. The third-order valence-electron chi connectivity index (χ3n) is 7.04. The topological polar surface area (TPSA) is 58.9 Å². The first kappa shape index (κ1) is 26.5. The lowest BCUT2D eigenvalue weighted by molar-refractivity contribution is -0.274. The fraction of sp³-hybridized carbons (Fsp3) is 0.310. The molecule has 4 aromatic rings. The van der Waals surface area contributed by atoms with E-state index in [2.05, 4.69) is 15.0 Å². The summed E-state index contributed by atoms with van der Waals surface area (Å²) < 4.78 is 58.0. The highest BCUT2D eigenvalue weighted by atomic mass is 19.4. The van der Waals surface area contributed by atoms with Crippen LogP contribution >= 0.6 is 0 Å². The van der Waals surface area contributed by atoms with Gasteiger partial charge in [-0.25, -0.2) is 9.37 Å². The molecule has 0 bridgehead atoms. The second kappa shape index (κ2) is 10.6. The Morgan fingerprint density at radius 3 is 2.44 bits per heavy atom. The summed E-state index contributed by atoms with van der Waals surface area (Å²) in [5.74, 6) is -0.720. The summed E-state index contributed by atoms with van der Waals surface area (Å²) in [5, 5.41) is 2.87. The van der Waals surface area contributed by atoms with Gasteiger partial charge in [0, 0.05) is 25.8 Å². The molecule has 204 valence electrons. The van der Waals surface area contributed by atoms with E-state index in [1.54, 1.807) is 35.6 Å². The second-order valence-corrected chi connectivity index (χ2v) is 9.83. The number of anilines is 1. The largest absolute Gasteiger partial charge is 0.573 e. The molecule has 0 atom stereocenters. The molecule has 1 fully saturated rings. The normalized spacial score (nSPS) is 14.6. The summed E-state index contributed by atoms with van der Waals surface area (Å²) in [4.78, 5) is 19.3. The Hall–Kier alpha value is -4.08. The van der Waals surface area contributed by atoms with Gasteiger partial charge in [-0.1, -0.05) is 24.3 Å². The predicted molar refractivity (Wildman–Crippen MR) is 140 cm³/mol. The minimum Gasteiger partial charge on any atom is -0.406 e. The van der Waals surface area contributed by atoms with Gasteiger partial charge in [-0.05, 0) is 79.6 Å². The van der Waals surface area contributed by atoms with Gasteiger partial charge < -0.3 is 15.0 Å². The average molecular weight is 541 g/mol. The number of aryl methyl sites for hydroxylation is 2. The number of rotatable bonds is 6. The fourth-order valence-electron chi connectivity index (χ4n) is 5.12. The van der Waals surface area contributed by atoms with Crippen LogP contribution in [0.4, 0.5) is 23.2 Å². The van der Waals surface area contributed by atoms with E-state index in [0.717, 1.165) is 24.0 Å². The van der Waals surface area contributed by atoms with E-state index in [9.17, 15) is 18.0 Å². The van der Waals surface area contributed by atoms with Crippen LogP contribution < -0.4 is 15.0 Å². The first-order valence-electron chi connectivity index (χ1n) is 12.7. The van der Waals surface area contributed by atoms with E-state index >= 15 is 4.39 Å². The van der Waals surface area contributed by atoms with Gasteiger partial charge in [0.05, 0.1) is 11.4 Å². The maximum Gasteiger partial charge on any atom is 0.573 e. The van der Waals surface area contributed by atoms with Gasteiger partial charge in [-0.3, -0.25) is 9.20 Å². The molecule has 1 saturated heterocycles. The molecule has 0 radical (unpaired) electrons. The Balaban J connectivity index is 1.18. The number of hydrogen-bond acceptors (Lipinski definition) is 4. The molecule has 10 heteroatoms. The van der Waals surface area contributed by atoms with Crippen molar-refractivity contribution in [2.45, 2.75) is 45.5 Å². The van der Waals surface area contributed by atoms with Crippen LogP contribution in [0.1, 0.15) is 51.6 Å². The second-order valence-electron chi connectivity index (χ2n) is 9.83. The third kappa shape index (κ3) is 6.00. The first-order chi connectivity index (χ1) is 18.6. The number of carbonyl (C=O) groups excluding carboxylic acids is 1. The SMILES string of the molecule is Cc1ccc2nc(C)c(C(=O)NCc3ccc(N4CCC(c5ccc(OC(F)(F)F)cc5)CC4)c(F)c3)n2c1. The van der Waals surface area contributed by atoms with Crippen molar-refractivity contribution in [1.82, 2.24) is 14.7 Å². The highest BCUT2D eigenvalue weighted by Crippen LogP contribution is 2.33. The number of piperidine rings is 1. The number of imidazole rings is 1. The van der Waals surface area contributed by atoms with Gasteiger partial charge >= 0.3 is 6.36 Å². The molecule has 0 saturated carbocycles. The van der Waals surface area contributed by atoms with Gasteiger partial charge in [0.25, 0.3) is 5.91 Å². The van der Waals surface area contributed by atoms with E-state index in [0.29, 0.717) is 41.4 Å². The molecule has 2 aromatic heterocycles. The smallest absolute Gasteiger partial charge is 0.406 e. The van der Waals surface area contributed by atoms with Crippen molar-refractivity contribution >= 4 is 17.2 Å². The van der Waals surface area contributed by atoms with Crippen LogP contribution in [0.2, 0.25) is 0 Å². The predicted octanol–water partition coefficient (Wildman–Crippen LogP) is 6.30. The zero-order valence-electron chi connectivity index (χ0n) is 21.6. The summed E-state index contributed by atoms with van der Waals surface area (Å²) >= 11 is 0. The summed E-state index contributed by atoms with van der Waals surface area (Å²) in [6.45, 7) is 5.13. The lowest BCUT2D eigenvalue weighted by atomic mass is 9.89. The lowest BCUT2D eigenvalue weighted by Crippen LogP contribution is -2.33. The van der Waals surface area contributed by atoms with Crippen LogP contribution in [-0.2, 0) is 6.54 Å². The molecule has 5 rings (SSSR count). The maximum absolute atomic E-state index is 15.1. The van der Waals surface area contributed by atoms with Crippen molar-refractivity contribution < 1.29 is 27.1 Å². The number of fused-ring (bicyclic) bond motifs is 1. The van der Waals surface area contributed by atoms with Gasteiger partial charge in [0.15, 0.2) is 0 Å². The minimum absolute atomic E-state index is 0.171. The van der Waals surface area contributed by atoms with Crippen molar-refractivity contribution in [2.24, 2.45) is 0 Å². The van der Waals surface area contributed by atoms with Gasteiger partial charge in [-0.15, -0.1) is 13.2 Å². The highest BCUT2D eigenvalue weighted by Gasteiger charge is 2.31. The number of carbonyl (C=O) groups is 1. The van der Waals surface area contributed by atoms with E-state index in [1.807, 2.05) is 30.2 Å². The van der Waals surface area contributed by atoms with Gasteiger partial charge in [-0.2, -0.15) is 0 Å². The van der Waals surface area contributed by atoms with Crippen molar-refractivity contribution in [3.8, 4) is 5.75 Å². The van der Waals surface area contributed by atoms with Crippen LogP contribution in [0.3, 0.4) is 0 Å². The molecule has 3 heterocycles. The average Bonchev–Trinajstić information content (AvgIpc) is 3.22. The molecule has 0 spiro atoms. The van der Waals surface area contributed by atoms with E-state index in [4.69, 9.17) is 0 Å². The van der Waals surface area contributed by atoms with Crippen LogP contribution in [0.15, 0.2) is 60.8 Å². The van der Waals surface area contributed by atoms with E-state index in [-0.39, 0.29) is 29.9 Å². The monoisotopic (exact) mass is 540 g/mol. The number of alkyl halides is 3. The number of ether oxygens (including phenoxy) is 1. The lowest BCUT2D eigenvalue weighted by Gasteiger charge is -2.34. The number of nitrogens with one attached hydrogen (secondary N) is 1. The summed E-state index contributed by atoms with van der Waals surface area (Å²) in [6, 6.07) is 14.7. The third-order valence-corrected chi connectivity index (χ3v) is 7.04. The molecule has 0 aliphatic carbocycles. The summed E-state index contributed by atoms with van der Waals surface area (Å²) in [7, 11) is 0. The number of amides is 1. The molecule has 1 amide bonds. The van der Waals surface area contributed by atoms with Gasteiger partial charge in [0.2, 0.25) is 0 Å². The van der Waals surface area contributed by atoms with Crippen LogP contribution in [0, 0.1) is 19.7 Å². The van der Waals surface area contributed by atoms with Crippen molar-refractivity contribution in [3.63, 3.8) is 0 Å². The van der Waals surface area contributed by atoms with E-state index in [1.165, 1.54) is 18.2 Å². The standard InChI is InChI=1S/C29H28F4N4O2/c1-18-3-10-26-35-19(2)27(37(26)17-18)28(38)34-16-20-4-9-25(24(30)15-20)36-13-11-22(12-14-36)21-5-7-23(8-6-21)39-29(31,32)33/h3-10,15,17,22H,11-14,16H2,1-2H3,(H,34,38). The molecule has 0 unspecified atom stereocenters. The molecule has 1 aliphatic heterocycles. The summed E-state index contributed by atoms with van der Waals surface area (Å²) in [6.07, 6.45) is -1.37. The van der Waals surface area contributed by atoms with Crippen molar-refractivity contribution in [3.05, 3.63) is 94.7 Å². The zero-order valence-corrected chi connectivity index (χ0v) is 21.6. The Bertz CT molecular complexity index is 1490. The Kier molecular flexibility index (Phi) is 7.20. The fourth-order valence-corrected chi connectivity index (χ4v) is 5.12. The quantitative estimate of drug-likeness (QED) is 0.292. The molecule has 39 heavy (non-hydrogen) atoms. The minimum atomic E-state index is -4.72. The Labute approximate surface area is 223 Å². The molecule has 2 aromatic carbocycles. The molecule has 1 N–H and O–H groups in total. The number of nitrogens with zero attached hydrogens (tertiary/aromatic N) is 3. The molecular weight excluding hydrogens is 512 g/mol. The van der Waals surface area contributed by atoms with Crippen LogP contribution in [-0.4, -0.2) is 34.7 Å². The maximum atomic E-state index is 15.1. The van der Waals surface area contributed by atoms with Crippen molar-refractivity contribution in [2.75, 3.05) is 18.0 Å². The number of aromatic nitrogens is 2. The number of benzene rings is 2. The summed E-state index contributed by atoms with van der Waals surface area (Å²) in [5.41, 5.74) is 4.84. The van der Waals surface area contributed by atoms with E-state index < -0.39 is 6.36 Å². The Morgan fingerprint density at radius 2 is 1.77 bits per heavy atom. The number of halogens is 4. The van der Waals surface area contributed by atoms with Crippen LogP contribution in [0.5, 0.6) is 5.75 Å². The zero-order chi connectivity index (χ0) is 27.7.